The molecule has 2 fully saturated rings. The van der Waals surface area contributed by atoms with Crippen LogP contribution < -0.4 is 0 Å². The Hall–Kier alpha value is -1.17. The Morgan fingerprint density at radius 3 is 2.64 bits per heavy atom. The van der Waals surface area contributed by atoms with Gasteiger partial charge in [-0.05, 0) is 50.2 Å². The molecule has 5 heteroatoms. The molecular weight excluding hydrogens is 298 g/mol. The molecule has 2 aliphatic rings. The summed E-state index contributed by atoms with van der Waals surface area (Å²) in [4.78, 5) is 0.354. The fraction of sp³-hybridized carbons (Fsp3) is 0.529. The number of sulfonamides is 1. The van der Waals surface area contributed by atoms with Crippen molar-refractivity contribution in [3.05, 3.63) is 42.5 Å². The summed E-state index contributed by atoms with van der Waals surface area (Å²) >= 11 is 0. The highest BCUT2D eigenvalue weighted by Gasteiger charge is 2.50. The van der Waals surface area contributed by atoms with Crippen molar-refractivity contribution < 1.29 is 13.5 Å². The highest BCUT2D eigenvalue weighted by atomic mass is 32.2. The van der Waals surface area contributed by atoms with Crippen LogP contribution in [0.4, 0.5) is 0 Å². The zero-order chi connectivity index (χ0) is 15.9. The second kappa shape index (κ2) is 5.80. The highest BCUT2D eigenvalue weighted by molar-refractivity contribution is 7.89. The summed E-state index contributed by atoms with van der Waals surface area (Å²) in [7, 11) is -3.48. The van der Waals surface area contributed by atoms with Gasteiger partial charge in [0.15, 0.2) is 0 Å². The van der Waals surface area contributed by atoms with Gasteiger partial charge >= 0.3 is 0 Å². The minimum atomic E-state index is -3.48. The third-order valence-electron chi connectivity index (χ3n) is 5.04. The van der Waals surface area contributed by atoms with Crippen LogP contribution in [0, 0.1) is 18.8 Å². The molecule has 3 rings (SSSR count). The lowest BCUT2D eigenvalue weighted by Gasteiger charge is -2.27. The Labute approximate surface area is 132 Å². The summed E-state index contributed by atoms with van der Waals surface area (Å²) in [5.41, 5.74) is 1.04. The molecule has 120 valence electrons. The molecule has 0 spiro atoms. The summed E-state index contributed by atoms with van der Waals surface area (Å²) in [6.07, 6.45) is 3.54. The van der Waals surface area contributed by atoms with E-state index in [9.17, 15) is 13.5 Å². The molecule has 1 saturated carbocycles. The minimum absolute atomic E-state index is 0.0778. The quantitative estimate of drug-likeness (QED) is 0.866. The zero-order valence-corrected chi connectivity index (χ0v) is 13.7. The molecule has 1 aliphatic carbocycles. The van der Waals surface area contributed by atoms with Crippen LogP contribution >= 0.6 is 0 Å². The molecule has 22 heavy (non-hydrogen) atoms. The van der Waals surface area contributed by atoms with Gasteiger partial charge in [-0.3, -0.25) is 0 Å². The van der Waals surface area contributed by atoms with Crippen LogP contribution in [-0.2, 0) is 10.0 Å². The van der Waals surface area contributed by atoms with E-state index in [1.165, 1.54) is 0 Å². The highest BCUT2D eigenvalue weighted by Crippen LogP contribution is 2.45. The predicted octanol–water partition coefficient (Wildman–Crippen LogP) is 2.33. The van der Waals surface area contributed by atoms with Gasteiger partial charge in [0.1, 0.15) is 0 Å². The molecule has 1 aromatic rings. The molecule has 1 N–H and O–H groups in total. The SMILES string of the molecule is C=CC[C@@H]1[C@@H]2C[C@H](O)C[C@@H]2CN1S(=O)(=O)c1ccc(C)cc1. The lowest BCUT2D eigenvalue weighted by Crippen LogP contribution is -2.38. The first kappa shape index (κ1) is 15.7. The van der Waals surface area contributed by atoms with Crippen molar-refractivity contribution in [1.82, 2.24) is 4.31 Å². The van der Waals surface area contributed by atoms with E-state index in [1.54, 1.807) is 22.5 Å². The van der Waals surface area contributed by atoms with Crippen molar-refractivity contribution in [3.8, 4) is 0 Å². The molecule has 0 bridgehead atoms. The molecule has 4 atom stereocenters. The Kier molecular flexibility index (Phi) is 4.14. The zero-order valence-electron chi connectivity index (χ0n) is 12.9. The molecule has 0 amide bonds. The number of fused-ring (bicyclic) bond motifs is 1. The largest absolute Gasteiger partial charge is 0.393 e. The summed E-state index contributed by atoms with van der Waals surface area (Å²) < 4.78 is 27.6. The monoisotopic (exact) mass is 321 g/mol. The van der Waals surface area contributed by atoms with Gasteiger partial charge in [0.05, 0.1) is 11.0 Å². The second-order valence-electron chi connectivity index (χ2n) is 6.53. The standard InChI is InChI=1S/C17H23NO3S/c1-3-4-17-16-10-14(19)9-13(16)11-18(17)22(20,21)15-7-5-12(2)6-8-15/h3,5-8,13-14,16-17,19H,1,4,9-11H2,2H3/t13-,14-,16-,17-/m1/s1. The van der Waals surface area contributed by atoms with Gasteiger partial charge < -0.3 is 5.11 Å². The first-order valence-corrected chi connectivity index (χ1v) is 9.25. The maximum Gasteiger partial charge on any atom is 0.243 e. The molecule has 1 aliphatic heterocycles. The number of aliphatic hydroxyl groups excluding tert-OH is 1. The van der Waals surface area contributed by atoms with Gasteiger partial charge in [0.25, 0.3) is 0 Å². The van der Waals surface area contributed by atoms with E-state index >= 15 is 0 Å². The normalized spacial score (nSPS) is 32.1. The van der Waals surface area contributed by atoms with Crippen LogP contribution in [-0.4, -0.2) is 36.5 Å². The van der Waals surface area contributed by atoms with Crippen LogP contribution in [0.25, 0.3) is 0 Å². The fourth-order valence-corrected chi connectivity index (χ4v) is 5.71. The van der Waals surface area contributed by atoms with Crippen molar-refractivity contribution in [3.63, 3.8) is 0 Å². The molecule has 0 aromatic heterocycles. The van der Waals surface area contributed by atoms with E-state index in [1.807, 2.05) is 19.1 Å². The van der Waals surface area contributed by atoms with Crippen LogP contribution in [0.2, 0.25) is 0 Å². The Morgan fingerprint density at radius 1 is 1.32 bits per heavy atom. The molecular formula is C17H23NO3S. The van der Waals surface area contributed by atoms with E-state index in [0.717, 1.165) is 5.56 Å². The third-order valence-corrected chi connectivity index (χ3v) is 6.94. The predicted molar refractivity (Wildman–Crippen MR) is 85.9 cm³/mol. The molecule has 0 unspecified atom stereocenters. The van der Waals surface area contributed by atoms with Gasteiger partial charge in [-0.1, -0.05) is 23.8 Å². The number of nitrogens with zero attached hydrogens (tertiary/aromatic N) is 1. The van der Waals surface area contributed by atoms with E-state index < -0.39 is 10.0 Å². The van der Waals surface area contributed by atoms with Crippen molar-refractivity contribution in [2.24, 2.45) is 11.8 Å². The van der Waals surface area contributed by atoms with Gasteiger partial charge in [-0.15, -0.1) is 6.58 Å². The van der Waals surface area contributed by atoms with Crippen molar-refractivity contribution in [2.45, 2.75) is 43.2 Å². The first-order chi connectivity index (χ1) is 10.4. The summed E-state index contributed by atoms with van der Waals surface area (Å²) in [6, 6.07) is 6.94. The molecule has 0 radical (unpaired) electrons. The van der Waals surface area contributed by atoms with Crippen LogP contribution in [0.1, 0.15) is 24.8 Å². The van der Waals surface area contributed by atoms with Crippen molar-refractivity contribution in [1.29, 1.82) is 0 Å². The van der Waals surface area contributed by atoms with E-state index in [0.29, 0.717) is 30.7 Å². The van der Waals surface area contributed by atoms with E-state index in [4.69, 9.17) is 0 Å². The number of rotatable bonds is 4. The van der Waals surface area contributed by atoms with Gasteiger partial charge in [0, 0.05) is 12.6 Å². The Bertz CT molecular complexity index is 653. The molecule has 4 nitrogen and oxygen atoms in total. The fourth-order valence-electron chi connectivity index (χ4n) is 3.97. The summed E-state index contributed by atoms with van der Waals surface area (Å²) in [5.74, 6) is 0.508. The van der Waals surface area contributed by atoms with E-state index in [-0.39, 0.29) is 24.0 Å². The lowest BCUT2D eigenvalue weighted by molar-refractivity contribution is 0.162. The maximum absolute atomic E-state index is 13.0. The van der Waals surface area contributed by atoms with E-state index in [2.05, 4.69) is 6.58 Å². The minimum Gasteiger partial charge on any atom is -0.393 e. The van der Waals surface area contributed by atoms with Gasteiger partial charge in [-0.2, -0.15) is 4.31 Å². The summed E-state index contributed by atoms with van der Waals surface area (Å²) in [5, 5.41) is 9.86. The smallest absolute Gasteiger partial charge is 0.243 e. The van der Waals surface area contributed by atoms with Crippen molar-refractivity contribution in [2.75, 3.05) is 6.54 Å². The third kappa shape index (κ3) is 2.62. The maximum atomic E-state index is 13.0. The number of hydrogen-bond acceptors (Lipinski definition) is 3. The van der Waals surface area contributed by atoms with Crippen molar-refractivity contribution >= 4 is 10.0 Å². The lowest BCUT2D eigenvalue weighted by atomic mass is 9.92. The van der Waals surface area contributed by atoms with Gasteiger partial charge in [-0.25, -0.2) is 8.42 Å². The number of benzene rings is 1. The topological polar surface area (TPSA) is 57.6 Å². The number of hydrogen-bond donors (Lipinski definition) is 1. The molecule has 1 aromatic carbocycles. The average molecular weight is 321 g/mol. The van der Waals surface area contributed by atoms with Crippen LogP contribution in [0.15, 0.2) is 41.8 Å². The second-order valence-corrected chi connectivity index (χ2v) is 8.42. The number of aryl methyl sites for hydroxylation is 1. The van der Waals surface area contributed by atoms with Crippen LogP contribution in [0.5, 0.6) is 0 Å². The summed E-state index contributed by atoms with van der Waals surface area (Å²) in [6.45, 7) is 6.23. The Morgan fingerprint density at radius 2 is 2.00 bits per heavy atom. The molecule has 1 saturated heterocycles. The first-order valence-electron chi connectivity index (χ1n) is 7.81. The number of aliphatic hydroxyl groups is 1. The Balaban J connectivity index is 1.92. The average Bonchev–Trinajstić information content (AvgIpc) is 2.98. The van der Waals surface area contributed by atoms with Crippen LogP contribution in [0.3, 0.4) is 0 Å². The molecule has 1 heterocycles. The van der Waals surface area contributed by atoms with Gasteiger partial charge in [0.2, 0.25) is 10.0 Å².